The highest BCUT2D eigenvalue weighted by Crippen LogP contribution is 2.13. The van der Waals surface area contributed by atoms with Gasteiger partial charge in [-0.2, -0.15) is 0 Å². The summed E-state index contributed by atoms with van der Waals surface area (Å²) in [5, 5.41) is 18.0. The molecule has 0 radical (unpaired) electrons. The molecule has 0 saturated carbocycles. The van der Waals surface area contributed by atoms with Crippen molar-refractivity contribution in [2.75, 3.05) is 14.2 Å². The monoisotopic (exact) mass is 601 g/mol. The molecule has 0 spiro atoms. The Morgan fingerprint density at radius 3 is 1.83 bits per heavy atom. The van der Waals surface area contributed by atoms with E-state index in [1.54, 1.807) is 0 Å². The molecule has 4 unspecified atom stereocenters. The van der Waals surface area contributed by atoms with Crippen LogP contribution in [0.5, 0.6) is 0 Å². The molecule has 0 saturated heterocycles. The zero-order valence-electron chi connectivity index (χ0n) is 26.1. The third-order valence-electron chi connectivity index (χ3n) is 6.78. The van der Waals surface area contributed by atoms with Crippen LogP contribution >= 0.6 is 0 Å². The number of hydrogen-bond acceptors (Lipinski definition) is 8. The number of carbonyl (C=O) groups is 5. The normalized spacial score (nSPS) is 14.2. The van der Waals surface area contributed by atoms with Crippen LogP contribution in [0.4, 0.5) is 0 Å². The lowest BCUT2D eigenvalue weighted by molar-refractivity contribution is -0.142. The van der Waals surface area contributed by atoms with Gasteiger partial charge in [-0.3, -0.25) is 24.0 Å². The third kappa shape index (κ3) is 18.6. The molecule has 0 aromatic carbocycles. The standard InChI is InChI=1S/C29H55N5O8/c1-6-7-8-9-10-11-12-13-20(35)17-26(38)32-22(18-25(31)37)28(40)33-21(14-15-24(30)36)27(39)34-23(16-19(2)3)29(41-4)42-5/h19-23,29,35H,6-18H2,1-5H3,(H2,30,36)(H2,31,37)(H,32,38)(H,33,40)(H,34,39). The lowest BCUT2D eigenvalue weighted by Gasteiger charge is -2.29. The van der Waals surface area contributed by atoms with Gasteiger partial charge in [-0.25, -0.2) is 0 Å². The summed E-state index contributed by atoms with van der Waals surface area (Å²) in [6, 6.07) is -3.18. The predicted molar refractivity (Wildman–Crippen MR) is 159 cm³/mol. The number of rotatable bonds is 25. The summed E-state index contributed by atoms with van der Waals surface area (Å²) >= 11 is 0. The molecule has 0 aromatic heterocycles. The average molecular weight is 602 g/mol. The summed E-state index contributed by atoms with van der Waals surface area (Å²) in [6.07, 6.45) is 5.66. The second-order valence-electron chi connectivity index (χ2n) is 11.2. The molecule has 0 aliphatic heterocycles. The van der Waals surface area contributed by atoms with E-state index in [0.717, 1.165) is 25.7 Å². The van der Waals surface area contributed by atoms with Crippen LogP contribution in [0.2, 0.25) is 0 Å². The predicted octanol–water partition coefficient (Wildman–Crippen LogP) is 1.14. The van der Waals surface area contributed by atoms with Gasteiger partial charge >= 0.3 is 0 Å². The van der Waals surface area contributed by atoms with E-state index in [1.165, 1.54) is 33.5 Å². The average Bonchev–Trinajstić information content (AvgIpc) is 2.89. The number of methoxy groups -OCH3 is 2. The number of hydrogen-bond donors (Lipinski definition) is 6. The van der Waals surface area contributed by atoms with Gasteiger partial charge in [0.25, 0.3) is 0 Å². The Bertz CT molecular complexity index is 822. The van der Waals surface area contributed by atoms with Gasteiger partial charge in [0.1, 0.15) is 12.1 Å². The van der Waals surface area contributed by atoms with Crippen LogP contribution in [-0.2, 0) is 33.4 Å². The highest BCUT2D eigenvalue weighted by Gasteiger charge is 2.31. The minimum absolute atomic E-state index is 0.125. The molecule has 0 bridgehead atoms. The summed E-state index contributed by atoms with van der Waals surface area (Å²) in [6.45, 7) is 6.07. The molecule has 4 atom stereocenters. The molecule has 0 fully saturated rings. The maximum atomic E-state index is 13.2. The highest BCUT2D eigenvalue weighted by molar-refractivity contribution is 5.95. The number of aliphatic hydroxyl groups is 1. The van der Waals surface area contributed by atoms with Gasteiger partial charge in [0.05, 0.1) is 25.0 Å². The molecule has 42 heavy (non-hydrogen) atoms. The largest absolute Gasteiger partial charge is 0.393 e. The molecular weight excluding hydrogens is 546 g/mol. The van der Waals surface area contributed by atoms with Gasteiger partial charge in [-0.05, 0) is 25.2 Å². The Balaban J connectivity index is 5.35. The quantitative estimate of drug-likeness (QED) is 0.0658. The molecular formula is C29H55N5O8. The van der Waals surface area contributed by atoms with E-state index in [4.69, 9.17) is 20.9 Å². The number of nitrogens with two attached hydrogens (primary N) is 2. The minimum Gasteiger partial charge on any atom is -0.393 e. The van der Waals surface area contributed by atoms with Crippen LogP contribution in [0.15, 0.2) is 0 Å². The third-order valence-corrected chi connectivity index (χ3v) is 6.78. The maximum Gasteiger partial charge on any atom is 0.243 e. The van der Waals surface area contributed by atoms with Crippen LogP contribution in [0, 0.1) is 5.92 Å². The number of carbonyl (C=O) groups excluding carboxylic acids is 5. The smallest absolute Gasteiger partial charge is 0.243 e. The van der Waals surface area contributed by atoms with Crippen LogP contribution in [0.1, 0.15) is 104 Å². The van der Waals surface area contributed by atoms with Crippen molar-refractivity contribution in [1.29, 1.82) is 0 Å². The second-order valence-corrected chi connectivity index (χ2v) is 11.2. The van der Waals surface area contributed by atoms with Crippen molar-refractivity contribution in [1.82, 2.24) is 16.0 Å². The molecule has 0 aliphatic carbocycles. The molecule has 0 rings (SSSR count). The first-order valence-electron chi connectivity index (χ1n) is 15.0. The van der Waals surface area contributed by atoms with E-state index in [-0.39, 0.29) is 25.2 Å². The summed E-state index contributed by atoms with van der Waals surface area (Å²) in [5.74, 6) is -3.46. The zero-order chi connectivity index (χ0) is 32.1. The molecule has 8 N–H and O–H groups in total. The topological polar surface area (TPSA) is 212 Å². The van der Waals surface area contributed by atoms with Crippen molar-refractivity contribution in [3.05, 3.63) is 0 Å². The van der Waals surface area contributed by atoms with Crippen LogP contribution in [0.25, 0.3) is 0 Å². The van der Waals surface area contributed by atoms with E-state index in [9.17, 15) is 29.1 Å². The number of primary amides is 2. The number of aliphatic hydroxyl groups excluding tert-OH is 1. The Morgan fingerprint density at radius 1 is 0.738 bits per heavy atom. The van der Waals surface area contributed by atoms with Gasteiger partial charge in [-0.15, -0.1) is 0 Å². The van der Waals surface area contributed by atoms with Crippen LogP contribution < -0.4 is 27.4 Å². The Labute approximate surface area is 250 Å². The SMILES string of the molecule is CCCCCCCCCC(O)CC(=O)NC(CC(N)=O)C(=O)NC(CCC(N)=O)C(=O)NC(CC(C)C)C(OC)OC. The van der Waals surface area contributed by atoms with Crippen molar-refractivity contribution < 1.29 is 38.6 Å². The molecule has 0 aliphatic rings. The van der Waals surface area contributed by atoms with Crippen molar-refractivity contribution >= 4 is 29.5 Å². The minimum atomic E-state index is -1.39. The van der Waals surface area contributed by atoms with Crippen LogP contribution in [0.3, 0.4) is 0 Å². The summed E-state index contributed by atoms with van der Waals surface area (Å²) in [4.78, 5) is 62.1. The summed E-state index contributed by atoms with van der Waals surface area (Å²) in [5.41, 5.74) is 10.6. The fourth-order valence-corrected chi connectivity index (χ4v) is 4.60. The molecule has 244 valence electrons. The summed E-state index contributed by atoms with van der Waals surface area (Å²) < 4.78 is 10.6. The second kappa shape index (κ2) is 22.8. The zero-order valence-corrected chi connectivity index (χ0v) is 26.1. The fourth-order valence-electron chi connectivity index (χ4n) is 4.60. The Kier molecular flexibility index (Phi) is 21.3. The molecule has 13 heteroatoms. The van der Waals surface area contributed by atoms with Gasteiger partial charge in [0, 0.05) is 20.6 Å². The van der Waals surface area contributed by atoms with E-state index < -0.39 is 66.5 Å². The van der Waals surface area contributed by atoms with Gasteiger partial charge in [0.15, 0.2) is 6.29 Å². The van der Waals surface area contributed by atoms with Gasteiger partial charge in [0.2, 0.25) is 29.5 Å². The molecule has 0 heterocycles. The number of ether oxygens (including phenoxy) is 2. The Hall–Kier alpha value is -2.77. The number of amides is 5. The first-order chi connectivity index (χ1) is 19.8. The van der Waals surface area contributed by atoms with E-state index in [0.29, 0.717) is 12.8 Å². The van der Waals surface area contributed by atoms with E-state index in [2.05, 4.69) is 22.9 Å². The highest BCUT2D eigenvalue weighted by atomic mass is 16.7. The van der Waals surface area contributed by atoms with E-state index >= 15 is 0 Å². The lowest BCUT2D eigenvalue weighted by Crippen LogP contribution is -2.57. The van der Waals surface area contributed by atoms with Crippen LogP contribution in [-0.4, -0.2) is 79.4 Å². The fraction of sp³-hybridized carbons (Fsp3) is 0.828. The van der Waals surface area contributed by atoms with Crippen molar-refractivity contribution in [3.63, 3.8) is 0 Å². The summed E-state index contributed by atoms with van der Waals surface area (Å²) in [7, 11) is 2.87. The van der Waals surface area contributed by atoms with Crippen molar-refractivity contribution in [2.24, 2.45) is 17.4 Å². The number of unbranched alkanes of at least 4 members (excludes halogenated alkanes) is 6. The maximum absolute atomic E-state index is 13.2. The van der Waals surface area contributed by atoms with Crippen molar-refractivity contribution in [3.8, 4) is 0 Å². The lowest BCUT2D eigenvalue weighted by atomic mass is 10.0. The molecule has 13 nitrogen and oxygen atoms in total. The first kappa shape index (κ1) is 39.2. The Morgan fingerprint density at radius 2 is 1.31 bits per heavy atom. The number of nitrogens with one attached hydrogen (secondary N) is 3. The van der Waals surface area contributed by atoms with E-state index in [1.807, 2.05) is 13.8 Å². The van der Waals surface area contributed by atoms with Crippen molar-refractivity contribution in [2.45, 2.75) is 135 Å². The first-order valence-corrected chi connectivity index (χ1v) is 15.0. The molecule has 5 amide bonds. The van der Waals surface area contributed by atoms with Gasteiger partial charge < -0.3 is 42.0 Å². The van der Waals surface area contributed by atoms with Gasteiger partial charge in [-0.1, -0.05) is 65.7 Å². The molecule has 0 aromatic rings.